The SMILES string of the molecule is CCc1ccc(OCC(=O)NNC(=O)c2cnn(-c3ccccc3)c2)cc1. The predicted molar refractivity (Wildman–Crippen MR) is 100 cm³/mol. The Labute approximate surface area is 156 Å². The van der Waals surface area contributed by atoms with Gasteiger partial charge in [-0.15, -0.1) is 0 Å². The summed E-state index contributed by atoms with van der Waals surface area (Å²) >= 11 is 0. The molecule has 0 aliphatic rings. The smallest absolute Gasteiger partial charge is 0.276 e. The van der Waals surface area contributed by atoms with Gasteiger partial charge in [0, 0.05) is 6.20 Å². The maximum atomic E-state index is 12.1. The summed E-state index contributed by atoms with van der Waals surface area (Å²) in [5.41, 5.74) is 7.02. The summed E-state index contributed by atoms with van der Waals surface area (Å²) in [6.45, 7) is 1.87. The molecule has 2 amide bonds. The molecule has 0 aliphatic heterocycles. The fourth-order valence-electron chi connectivity index (χ4n) is 2.37. The third-order valence-corrected chi connectivity index (χ3v) is 3.88. The zero-order valence-electron chi connectivity index (χ0n) is 14.9. The molecule has 0 saturated carbocycles. The Morgan fingerprint density at radius 1 is 1.04 bits per heavy atom. The summed E-state index contributed by atoms with van der Waals surface area (Å²) in [6, 6.07) is 16.9. The van der Waals surface area contributed by atoms with Gasteiger partial charge < -0.3 is 4.74 Å². The molecule has 0 aliphatic carbocycles. The van der Waals surface area contributed by atoms with Crippen molar-refractivity contribution in [2.24, 2.45) is 0 Å². The number of amides is 2. The van der Waals surface area contributed by atoms with E-state index in [0.29, 0.717) is 11.3 Å². The van der Waals surface area contributed by atoms with Gasteiger partial charge in [0.2, 0.25) is 0 Å². The third kappa shape index (κ3) is 4.94. The number of nitrogens with zero attached hydrogens (tertiary/aromatic N) is 2. The van der Waals surface area contributed by atoms with Crippen molar-refractivity contribution < 1.29 is 14.3 Å². The summed E-state index contributed by atoms with van der Waals surface area (Å²) in [4.78, 5) is 23.9. The predicted octanol–water partition coefficient (Wildman–Crippen LogP) is 2.27. The lowest BCUT2D eigenvalue weighted by Crippen LogP contribution is -2.43. The van der Waals surface area contributed by atoms with Crippen LogP contribution >= 0.6 is 0 Å². The van der Waals surface area contributed by atoms with Crippen LogP contribution in [0.1, 0.15) is 22.8 Å². The molecule has 2 N–H and O–H groups in total. The molecule has 27 heavy (non-hydrogen) atoms. The van der Waals surface area contributed by atoms with Crippen LogP contribution in [0.2, 0.25) is 0 Å². The van der Waals surface area contributed by atoms with Crippen LogP contribution in [0.15, 0.2) is 67.0 Å². The first-order valence-corrected chi connectivity index (χ1v) is 8.56. The standard InChI is InChI=1S/C20H20N4O3/c1-2-15-8-10-18(11-9-15)27-14-19(25)22-23-20(26)16-12-21-24(13-16)17-6-4-3-5-7-17/h3-13H,2,14H2,1H3,(H,22,25)(H,23,26). The van der Waals surface area contributed by atoms with E-state index in [1.165, 1.54) is 11.8 Å². The molecule has 0 bridgehead atoms. The minimum absolute atomic E-state index is 0.199. The molecule has 0 radical (unpaired) electrons. The molecule has 7 nitrogen and oxygen atoms in total. The molecule has 0 fully saturated rings. The van der Waals surface area contributed by atoms with Crippen molar-refractivity contribution >= 4 is 11.8 Å². The number of ether oxygens (including phenoxy) is 1. The van der Waals surface area contributed by atoms with Crippen LogP contribution in [0.3, 0.4) is 0 Å². The molecular weight excluding hydrogens is 344 g/mol. The van der Waals surface area contributed by atoms with E-state index >= 15 is 0 Å². The van der Waals surface area contributed by atoms with E-state index in [9.17, 15) is 9.59 Å². The molecule has 138 valence electrons. The largest absolute Gasteiger partial charge is 0.484 e. The Hall–Kier alpha value is -3.61. The maximum Gasteiger partial charge on any atom is 0.276 e. The second kappa shape index (κ2) is 8.66. The average molecular weight is 364 g/mol. The Bertz CT molecular complexity index is 904. The lowest BCUT2D eigenvalue weighted by Gasteiger charge is -2.08. The van der Waals surface area contributed by atoms with Crippen LogP contribution in [-0.4, -0.2) is 28.2 Å². The summed E-state index contributed by atoms with van der Waals surface area (Å²) in [7, 11) is 0. The first kappa shape index (κ1) is 18.2. The number of benzene rings is 2. The molecule has 1 heterocycles. The molecule has 0 unspecified atom stereocenters. The van der Waals surface area contributed by atoms with Gasteiger partial charge in [-0.1, -0.05) is 37.3 Å². The van der Waals surface area contributed by atoms with Gasteiger partial charge in [-0.3, -0.25) is 20.4 Å². The Morgan fingerprint density at radius 2 is 1.78 bits per heavy atom. The Morgan fingerprint density at radius 3 is 2.48 bits per heavy atom. The molecular formula is C20H20N4O3. The van der Waals surface area contributed by atoms with Crippen molar-refractivity contribution in [1.82, 2.24) is 20.6 Å². The first-order chi connectivity index (χ1) is 13.2. The number of hydrogen-bond acceptors (Lipinski definition) is 4. The van der Waals surface area contributed by atoms with Gasteiger partial charge in [-0.2, -0.15) is 5.10 Å². The first-order valence-electron chi connectivity index (χ1n) is 8.56. The van der Waals surface area contributed by atoms with Gasteiger partial charge >= 0.3 is 0 Å². The zero-order chi connectivity index (χ0) is 19.1. The van der Waals surface area contributed by atoms with E-state index in [2.05, 4.69) is 22.9 Å². The van der Waals surface area contributed by atoms with Gasteiger partial charge in [0.25, 0.3) is 11.8 Å². The molecule has 0 saturated heterocycles. The van der Waals surface area contributed by atoms with Crippen molar-refractivity contribution in [2.75, 3.05) is 6.61 Å². The number of aryl methyl sites for hydroxylation is 1. The number of carbonyl (C=O) groups is 2. The number of rotatable bonds is 6. The van der Waals surface area contributed by atoms with Crippen LogP contribution in [-0.2, 0) is 11.2 Å². The summed E-state index contributed by atoms with van der Waals surface area (Å²) in [6.07, 6.45) is 3.95. The summed E-state index contributed by atoms with van der Waals surface area (Å²) in [5.74, 6) is -0.325. The van der Waals surface area contributed by atoms with E-state index in [0.717, 1.165) is 12.1 Å². The quantitative estimate of drug-likeness (QED) is 0.657. The topological polar surface area (TPSA) is 85.2 Å². The van der Waals surface area contributed by atoms with Gasteiger partial charge in [0.05, 0.1) is 17.4 Å². The second-order valence-electron chi connectivity index (χ2n) is 5.80. The summed E-state index contributed by atoms with van der Waals surface area (Å²) in [5, 5.41) is 4.14. The normalized spacial score (nSPS) is 10.3. The van der Waals surface area contributed by atoms with Crippen molar-refractivity contribution in [2.45, 2.75) is 13.3 Å². The van der Waals surface area contributed by atoms with E-state index in [1.807, 2.05) is 54.6 Å². The van der Waals surface area contributed by atoms with Crippen molar-refractivity contribution in [3.05, 3.63) is 78.1 Å². The molecule has 3 aromatic rings. The van der Waals surface area contributed by atoms with Crippen LogP contribution in [0.25, 0.3) is 5.69 Å². The van der Waals surface area contributed by atoms with Gasteiger partial charge in [0.15, 0.2) is 6.61 Å². The van der Waals surface area contributed by atoms with Crippen LogP contribution in [0.5, 0.6) is 5.75 Å². The highest BCUT2D eigenvalue weighted by Gasteiger charge is 2.11. The maximum absolute atomic E-state index is 12.1. The highest BCUT2D eigenvalue weighted by Crippen LogP contribution is 2.12. The monoisotopic (exact) mass is 364 g/mol. The zero-order valence-corrected chi connectivity index (χ0v) is 14.9. The van der Waals surface area contributed by atoms with Crippen molar-refractivity contribution in [1.29, 1.82) is 0 Å². The number of carbonyl (C=O) groups excluding carboxylic acids is 2. The summed E-state index contributed by atoms with van der Waals surface area (Å²) < 4.78 is 6.97. The molecule has 2 aromatic carbocycles. The fourth-order valence-corrected chi connectivity index (χ4v) is 2.37. The number of hydrazine groups is 1. The molecule has 3 rings (SSSR count). The average Bonchev–Trinajstić information content (AvgIpc) is 3.22. The van der Waals surface area contributed by atoms with Crippen LogP contribution < -0.4 is 15.6 Å². The minimum atomic E-state index is -0.460. The van der Waals surface area contributed by atoms with Gasteiger partial charge in [-0.25, -0.2) is 4.68 Å². The second-order valence-corrected chi connectivity index (χ2v) is 5.80. The molecule has 7 heteroatoms. The van der Waals surface area contributed by atoms with Crippen molar-refractivity contribution in [3.63, 3.8) is 0 Å². The minimum Gasteiger partial charge on any atom is -0.484 e. The van der Waals surface area contributed by atoms with Crippen molar-refractivity contribution in [3.8, 4) is 11.4 Å². The lowest BCUT2D eigenvalue weighted by atomic mass is 10.2. The third-order valence-electron chi connectivity index (χ3n) is 3.88. The van der Waals surface area contributed by atoms with Gasteiger partial charge in [0.1, 0.15) is 5.75 Å². The van der Waals surface area contributed by atoms with E-state index in [4.69, 9.17) is 4.74 Å². The number of para-hydroxylation sites is 1. The highest BCUT2D eigenvalue weighted by atomic mass is 16.5. The molecule has 1 aromatic heterocycles. The van der Waals surface area contributed by atoms with Crippen LogP contribution in [0.4, 0.5) is 0 Å². The number of hydrogen-bond donors (Lipinski definition) is 2. The highest BCUT2D eigenvalue weighted by molar-refractivity contribution is 5.95. The molecule has 0 atom stereocenters. The Balaban J connectivity index is 1.47. The van der Waals surface area contributed by atoms with E-state index in [1.54, 1.807) is 10.9 Å². The van der Waals surface area contributed by atoms with E-state index in [-0.39, 0.29) is 6.61 Å². The van der Waals surface area contributed by atoms with E-state index < -0.39 is 11.8 Å². The number of aromatic nitrogens is 2. The van der Waals surface area contributed by atoms with Gasteiger partial charge in [-0.05, 0) is 36.2 Å². The molecule has 0 spiro atoms. The lowest BCUT2D eigenvalue weighted by molar-refractivity contribution is -0.123. The Kier molecular flexibility index (Phi) is 5.84. The number of nitrogens with one attached hydrogen (secondary N) is 2. The van der Waals surface area contributed by atoms with Crippen LogP contribution in [0, 0.1) is 0 Å². The fraction of sp³-hybridized carbons (Fsp3) is 0.150.